The molecule has 0 aromatic carbocycles. The van der Waals surface area contributed by atoms with Gasteiger partial charge in [-0.2, -0.15) is 0 Å². The lowest BCUT2D eigenvalue weighted by atomic mass is 10.1. The Hall–Kier alpha value is -0.460. The number of hydrogen-bond acceptors (Lipinski definition) is 4. The highest BCUT2D eigenvalue weighted by Gasteiger charge is 2.35. The fourth-order valence-corrected chi connectivity index (χ4v) is 1.11. The second kappa shape index (κ2) is 4.37. The second-order valence-electron chi connectivity index (χ2n) is 3.72. The minimum atomic E-state index is -3.21. The van der Waals surface area contributed by atoms with Gasteiger partial charge in [-0.25, -0.2) is 0 Å². The number of rotatable bonds is 3. The fourth-order valence-electron chi connectivity index (χ4n) is 0.419. The first-order chi connectivity index (χ1) is 8.61. The zero-order chi connectivity index (χ0) is 16.6. The van der Waals surface area contributed by atoms with Gasteiger partial charge in [-0.05, 0) is 34.5 Å². The van der Waals surface area contributed by atoms with E-state index < -0.39 is 41.2 Å². The highest BCUT2D eigenvalue weighted by atomic mass is 32.2. The Morgan fingerprint density at radius 3 is 2.36 bits per heavy atom. The molecule has 14 heavy (non-hydrogen) atoms. The van der Waals surface area contributed by atoms with Gasteiger partial charge in [0.05, 0.1) is 0 Å². The summed E-state index contributed by atoms with van der Waals surface area (Å²) >= 11 is -2.06. The molecular weight excluding hydrogens is 202 g/mol. The summed E-state index contributed by atoms with van der Waals surface area (Å²) in [4.78, 5) is 0. The molecule has 0 aromatic rings. The molecule has 0 bridgehead atoms. The lowest BCUT2D eigenvalue weighted by Crippen LogP contribution is -2.56. The molecule has 0 aliphatic carbocycles. The van der Waals surface area contributed by atoms with Crippen molar-refractivity contribution in [2.24, 2.45) is 10.9 Å². The molecule has 0 aliphatic heterocycles. The van der Waals surface area contributed by atoms with E-state index >= 15 is 0 Å². The maximum atomic E-state index is 12.1. The predicted octanol–water partition coefficient (Wildman–Crippen LogP) is 0.563. The van der Waals surface area contributed by atoms with Crippen LogP contribution >= 0.6 is 0 Å². The maximum absolute atomic E-state index is 12.1. The van der Waals surface area contributed by atoms with Crippen LogP contribution in [0.25, 0.3) is 0 Å². The predicted molar refractivity (Wildman–Crippen MR) is 58.5 cm³/mol. The molecule has 0 saturated carbocycles. The van der Waals surface area contributed by atoms with Crippen molar-refractivity contribution in [3.05, 3.63) is 0 Å². The topological polar surface area (TPSA) is 93.7 Å². The molecule has 4 N–H and O–H groups in total. The zero-order valence-electron chi connectivity index (χ0n) is 14.3. The lowest BCUT2D eigenvalue weighted by Gasteiger charge is -2.31. The summed E-state index contributed by atoms with van der Waals surface area (Å²) in [5.41, 5.74) is 2.39. The van der Waals surface area contributed by atoms with E-state index in [2.05, 4.69) is 5.16 Å². The highest BCUT2D eigenvalue weighted by Crippen LogP contribution is 2.16. The van der Waals surface area contributed by atoms with Crippen LogP contribution in [0, 0.1) is 0 Å². The zero-order valence-corrected chi connectivity index (χ0v) is 9.10. The summed E-state index contributed by atoms with van der Waals surface area (Å²) in [6.07, 6.45) is 0. The van der Waals surface area contributed by atoms with E-state index in [4.69, 9.17) is 19.2 Å². The molecular formula is C8H19N3O2S. The molecule has 0 spiro atoms. The molecule has 0 heterocycles. The Morgan fingerprint density at radius 2 is 2.07 bits per heavy atom. The minimum absolute atomic E-state index is 0.947. The van der Waals surface area contributed by atoms with E-state index in [1.54, 1.807) is 0 Å². The SMILES string of the molecule is [2H]C([2H])([2H])C(N[S@@+]([O-])C(C)(C)C)(/C(N)=N/O)C([2H])([2H])[2H]. The van der Waals surface area contributed by atoms with Gasteiger partial charge in [-0.15, -0.1) is 4.72 Å². The molecule has 0 fully saturated rings. The van der Waals surface area contributed by atoms with Crippen LogP contribution in [0.1, 0.15) is 42.7 Å². The Labute approximate surface area is 96.5 Å². The van der Waals surface area contributed by atoms with Gasteiger partial charge in [0, 0.05) is 19.6 Å². The van der Waals surface area contributed by atoms with Gasteiger partial charge in [0.25, 0.3) is 0 Å². The summed E-state index contributed by atoms with van der Waals surface area (Å²) in [5.74, 6) is -1.07. The van der Waals surface area contributed by atoms with Gasteiger partial charge in [-0.1, -0.05) is 5.16 Å². The molecule has 84 valence electrons. The first-order valence-electron chi connectivity index (χ1n) is 6.79. The van der Waals surface area contributed by atoms with E-state index in [9.17, 15) is 4.55 Å². The summed E-state index contributed by atoms with van der Waals surface area (Å²) < 4.78 is 57.8. The van der Waals surface area contributed by atoms with Gasteiger partial charge < -0.3 is 15.5 Å². The van der Waals surface area contributed by atoms with E-state index in [1.807, 2.05) is 4.72 Å². The molecule has 0 aliphatic rings. The molecule has 0 amide bonds. The molecule has 0 radical (unpaired) electrons. The maximum Gasteiger partial charge on any atom is 0.163 e. The van der Waals surface area contributed by atoms with E-state index in [0.717, 1.165) is 0 Å². The average Bonchev–Trinajstić information content (AvgIpc) is 2.19. The van der Waals surface area contributed by atoms with Crippen molar-refractivity contribution in [3.8, 4) is 0 Å². The lowest BCUT2D eigenvalue weighted by molar-refractivity contribution is 0.312. The van der Waals surface area contributed by atoms with Crippen molar-refractivity contribution in [2.45, 2.75) is 44.8 Å². The normalized spacial score (nSPS) is 25.0. The highest BCUT2D eigenvalue weighted by molar-refractivity contribution is 7.90. The van der Waals surface area contributed by atoms with Crippen LogP contribution in [-0.2, 0) is 11.4 Å². The number of nitrogens with two attached hydrogens (primary N) is 1. The standard InChI is InChI=1S/C8H19N3O2S/c1-7(2,3)14(13)11-8(4,5)6(9)10-12/h11-12H,1-5H3,(H2,9,10)/t14-/m0/s1/i4D3,5D3. The Kier molecular flexibility index (Phi) is 1.94. The van der Waals surface area contributed by atoms with Gasteiger partial charge in [0.1, 0.15) is 10.3 Å². The minimum Gasteiger partial charge on any atom is -0.598 e. The van der Waals surface area contributed by atoms with Gasteiger partial charge in [0.2, 0.25) is 0 Å². The van der Waals surface area contributed by atoms with Crippen LogP contribution in [0.3, 0.4) is 0 Å². The third kappa shape index (κ3) is 3.73. The molecule has 0 rings (SSSR count). The Balaban J connectivity index is 6.07. The number of nitrogens with zero attached hydrogens (tertiary/aromatic N) is 1. The van der Waals surface area contributed by atoms with Crippen LogP contribution in [0.15, 0.2) is 5.16 Å². The Morgan fingerprint density at radius 1 is 1.57 bits per heavy atom. The second-order valence-corrected chi connectivity index (χ2v) is 5.68. The number of oxime groups is 1. The molecule has 6 heteroatoms. The van der Waals surface area contributed by atoms with Crippen LogP contribution < -0.4 is 10.5 Å². The third-order valence-corrected chi connectivity index (χ3v) is 2.90. The molecule has 0 aromatic heterocycles. The summed E-state index contributed by atoms with van der Waals surface area (Å²) in [6.45, 7) is -1.87. The van der Waals surface area contributed by atoms with Crippen molar-refractivity contribution in [1.29, 1.82) is 0 Å². The molecule has 1 atom stereocenters. The summed E-state index contributed by atoms with van der Waals surface area (Å²) in [5, 5.41) is 11.2. The number of amidine groups is 1. The quantitative estimate of drug-likeness (QED) is 0.216. The molecule has 5 nitrogen and oxygen atoms in total. The van der Waals surface area contributed by atoms with Crippen molar-refractivity contribution >= 4 is 17.2 Å². The third-order valence-electron chi connectivity index (χ3n) is 1.29. The van der Waals surface area contributed by atoms with Crippen LogP contribution in [-0.4, -0.2) is 25.9 Å². The van der Waals surface area contributed by atoms with Crippen LogP contribution in [0.4, 0.5) is 0 Å². The van der Waals surface area contributed by atoms with Gasteiger partial charge in [-0.3, -0.25) is 0 Å². The van der Waals surface area contributed by atoms with Crippen molar-refractivity contribution in [1.82, 2.24) is 4.72 Å². The van der Waals surface area contributed by atoms with Crippen LogP contribution in [0.5, 0.6) is 0 Å². The number of hydrogen-bond donors (Lipinski definition) is 3. The first-order valence-corrected chi connectivity index (χ1v) is 4.94. The monoisotopic (exact) mass is 227 g/mol. The van der Waals surface area contributed by atoms with Gasteiger partial charge >= 0.3 is 0 Å². The fraction of sp³-hybridized carbons (Fsp3) is 0.875. The molecule has 0 unspecified atom stereocenters. The smallest absolute Gasteiger partial charge is 0.163 e. The van der Waals surface area contributed by atoms with E-state index in [0.29, 0.717) is 0 Å². The van der Waals surface area contributed by atoms with E-state index in [1.165, 1.54) is 20.8 Å². The summed E-state index contributed by atoms with van der Waals surface area (Å²) in [7, 11) is 0. The number of nitrogens with one attached hydrogen (secondary N) is 1. The Bertz CT molecular complexity index is 362. The summed E-state index contributed by atoms with van der Waals surface area (Å²) in [6, 6.07) is 0. The van der Waals surface area contributed by atoms with Crippen LogP contribution in [0.2, 0.25) is 0 Å². The van der Waals surface area contributed by atoms with Crippen molar-refractivity contribution < 1.29 is 18.0 Å². The van der Waals surface area contributed by atoms with Crippen molar-refractivity contribution in [2.75, 3.05) is 0 Å². The molecule has 0 saturated heterocycles. The van der Waals surface area contributed by atoms with Crippen molar-refractivity contribution in [3.63, 3.8) is 0 Å². The average molecular weight is 227 g/mol. The van der Waals surface area contributed by atoms with E-state index in [-0.39, 0.29) is 0 Å². The first kappa shape index (κ1) is 6.19. The largest absolute Gasteiger partial charge is 0.598 e. The van der Waals surface area contributed by atoms with Gasteiger partial charge in [0.15, 0.2) is 5.84 Å².